The predicted octanol–water partition coefficient (Wildman–Crippen LogP) is 2.65. The molecule has 1 N–H and O–H groups in total. The van der Waals surface area contributed by atoms with Gasteiger partial charge in [-0.2, -0.15) is 0 Å². The minimum absolute atomic E-state index is 0.128. The molecule has 1 aromatic carbocycles. The molecule has 1 aliphatic heterocycles. The highest BCUT2D eigenvalue weighted by atomic mass is 32.1. The molecule has 138 valence electrons. The number of carbonyl (C=O) groups is 1. The zero-order chi connectivity index (χ0) is 19.0. The molecule has 4 rings (SSSR count). The molecule has 0 saturated carbocycles. The lowest BCUT2D eigenvalue weighted by molar-refractivity contribution is 0.0937. The fourth-order valence-corrected chi connectivity index (χ4v) is 3.77. The topological polar surface area (TPSA) is 89.9 Å². The summed E-state index contributed by atoms with van der Waals surface area (Å²) in [5.74, 6) is 1.30. The molecular weight excluding hydrogens is 362 g/mol. The first kappa shape index (κ1) is 17.5. The number of para-hydroxylation sites is 1. The smallest absolute Gasteiger partial charge is 0.265 e. The van der Waals surface area contributed by atoms with Gasteiger partial charge in [-0.25, -0.2) is 9.97 Å². The van der Waals surface area contributed by atoms with Gasteiger partial charge in [0.2, 0.25) is 0 Å². The van der Waals surface area contributed by atoms with Crippen LogP contribution in [0, 0.1) is 20.8 Å². The number of aromatic nitrogens is 4. The summed E-state index contributed by atoms with van der Waals surface area (Å²) in [6, 6.07) is 7.95. The molecule has 3 aromatic rings. The molecule has 1 atom stereocenters. The van der Waals surface area contributed by atoms with E-state index in [2.05, 4.69) is 24.9 Å². The van der Waals surface area contributed by atoms with Gasteiger partial charge in [0.1, 0.15) is 16.7 Å². The summed E-state index contributed by atoms with van der Waals surface area (Å²) < 4.78 is 9.95. The van der Waals surface area contributed by atoms with Crippen molar-refractivity contribution in [2.24, 2.45) is 0 Å². The molecule has 0 bridgehead atoms. The first-order valence-electron chi connectivity index (χ1n) is 8.69. The van der Waals surface area contributed by atoms with E-state index in [1.165, 1.54) is 0 Å². The van der Waals surface area contributed by atoms with Crippen molar-refractivity contribution in [3.63, 3.8) is 0 Å². The van der Waals surface area contributed by atoms with Gasteiger partial charge in [-0.05, 0) is 50.0 Å². The maximum absolute atomic E-state index is 12.3. The zero-order valence-corrected chi connectivity index (χ0v) is 16.1. The minimum atomic E-state index is -0.167. The molecule has 1 aliphatic rings. The molecule has 1 amide bonds. The largest absolute Gasteiger partial charge is 0.487 e. The van der Waals surface area contributed by atoms with Gasteiger partial charge in [0.25, 0.3) is 5.91 Å². The van der Waals surface area contributed by atoms with Crippen molar-refractivity contribution >= 4 is 17.4 Å². The average molecular weight is 381 g/mol. The summed E-state index contributed by atoms with van der Waals surface area (Å²) in [5.41, 5.74) is 4.47. The van der Waals surface area contributed by atoms with Crippen LogP contribution >= 0.6 is 11.5 Å². The number of nitrogens with one attached hydrogen (secondary N) is 1. The van der Waals surface area contributed by atoms with Crippen LogP contribution in [0.25, 0.3) is 11.4 Å². The Balaban J connectivity index is 1.50. The molecular formula is C19H19N5O2S. The number of nitrogens with zero attached hydrogens (tertiary/aromatic N) is 4. The van der Waals surface area contributed by atoms with E-state index in [0.717, 1.165) is 46.2 Å². The summed E-state index contributed by atoms with van der Waals surface area (Å²) in [6.45, 7) is 6.10. The van der Waals surface area contributed by atoms with Gasteiger partial charge >= 0.3 is 0 Å². The van der Waals surface area contributed by atoms with Gasteiger partial charge in [-0.3, -0.25) is 4.79 Å². The van der Waals surface area contributed by atoms with Gasteiger partial charge in [-0.1, -0.05) is 16.6 Å². The molecule has 7 nitrogen and oxygen atoms in total. The van der Waals surface area contributed by atoms with Crippen molar-refractivity contribution in [1.82, 2.24) is 24.9 Å². The minimum Gasteiger partial charge on any atom is -0.487 e. The highest BCUT2D eigenvalue weighted by Crippen LogP contribution is 2.37. The third-order valence-electron chi connectivity index (χ3n) is 4.40. The summed E-state index contributed by atoms with van der Waals surface area (Å²) in [6.07, 6.45) is 0.603. The van der Waals surface area contributed by atoms with Gasteiger partial charge in [-0.15, -0.1) is 5.10 Å². The number of rotatable bonds is 4. The summed E-state index contributed by atoms with van der Waals surface area (Å²) in [5, 5.41) is 6.79. The highest BCUT2D eigenvalue weighted by molar-refractivity contribution is 7.07. The molecule has 1 unspecified atom stereocenters. The van der Waals surface area contributed by atoms with Crippen LogP contribution in [-0.2, 0) is 6.42 Å². The Morgan fingerprint density at radius 3 is 2.74 bits per heavy atom. The van der Waals surface area contributed by atoms with Crippen molar-refractivity contribution in [3.8, 4) is 17.1 Å². The fraction of sp³-hybridized carbons (Fsp3) is 0.316. The molecule has 0 saturated heterocycles. The lowest BCUT2D eigenvalue weighted by atomic mass is 10.1. The van der Waals surface area contributed by atoms with E-state index in [0.29, 0.717) is 22.9 Å². The number of carbonyl (C=O) groups excluding carboxylic acids is 1. The third kappa shape index (κ3) is 3.52. The molecule has 2 aromatic heterocycles. The number of fused-ring (bicyclic) bond motifs is 1. The quantitative estimate of drug-likeness (QED) is 0.747. The Morgan fingerprint density at radius 2 is 2.04 bits per heavy atom. The second-order valence-corrected chi connectivity index (χ2v) is 7.36. The Kier molecular flexibility index (Phi) is 4.57. The van der Waals surface area contributed by atoms with Crippen LogP contribution in [-0.4, -0.2) is 38.1 Å². The number of ether oxygens (including phenoxy) is 1. The van der Waals surface area contributed by atoms with E-state index in [1.807, 2.05) is 38.1 Å². The number of benzene rings is 1. The van der Waals surface area contributed by atoms with E-state index in [4.69, 9.17) is 4.74 Å². The summed E-state index contributed by atoms with van der Waals surface area (Å²) in [4.78, 5) is 21.9. The molecule has 8 heteroatoms. The number of hydrogen-bond donors (Lipinski definition) is 1. The Hall–Kier alpha value is -2.87. The first-order valence-corrected chi connectivity index (χ1v) is 9.47. The van der Waals surface area contributed by atoms with E-state index < -0.39 is 0 Å². The molecule has 3 heterocycles. The van der Waals surface area contributed by atoms with E-state index in [-0.39, 0.29) is 12.0 Å². The molecule has 0 radical (unpaired) electrons. The highest BCUT2D eigenvalue weighted by Gasteiger charge is 2.27. The van der Waals surface area contributed by atoms with Crippen LogP contribution in [0.2, 0.25) is 0 Å². The number of hydrogen-bond acceptors (Lipinski definition) is 7. The Bertz CT molecular complexity index is 997. The van der Waals surface area contributed by atoms with Crippen LogP contribution in [0.15, 0.2) is 24.3 Å². The van der Waals surface area contributed by atoms with Crippen molar-refractivity contribution in [2.45, 2.75) is 33.3 Å². The lowest BCUT2D eigenvalue weighted by Crippen LogP contribution is -2.34. The standard InChI is InChI=1S/C19H19N5O2S/c1-10-7-11(2)22-18(21-10)15-6-4-5-13-8-14(26-16(13)15)9-20-19(25)17-12(3)23-24-27-17/h4-7,14H,8-9H2,1-3H3,(H,20,25). The maximum Gasteiger partial charge on any atom is 0.265 e. The second kappa shape index (κ2) is 7.03. The van der Waals surface area contributed by atoms with Crippen molar-refractivity contribution in [1.29, 1.82) is 0 Å². The summed E-state index contributed by atoms with van der Waals surface area (Å²) in [7, 11) is 0. The van der Waals surface area contributed by atoms with Crippen molar-refractivity contribution < 1.29 is 9.53 Å². The van der Waals surface area contributed by atoms with E-state index >= 15 is 0 Å². The fourth-order valence-electron chi connectivity index (χ4n) is 3.20. The van der Waals surface area contributed by atoms with Gasteiger partial charge < -0.3 is 10.1 Å². The van der Waals surface area contributed by atoms with Crippen LogP contribution in [0.1, 0.15) is 32.3 Å². The monoisotopic (exact) mass is 381 g/mol. The van der Waals surface area contributed by atoms with Crippen molar-refractivity contribution in [2.75, 3.05) is 6.54 Å². The predicted molar refractivity (Wildman–Crippen MR) is 102 cm³/mol. The van der Waals surface area contributed by atoms with Crippen molar-refractivity contribution in [3.05, 3.63) is 51.8 Å². The Labute approximate surface area is 161 Å². The van der Waals surface area contributed by atoms with Gasteiger partial charge in [0, 0.05) is 17.8 Å². The van der Waals surface area contributed by atoms with Gasteiger partial charge in [0.15, 0.2) is 5.82 Å². The van der Waals surface area contributed by atoms with E-state index in [1.54, 1.807) is 6.92 Å². The van der Waals surface area contributed by atoms with Crippen LogP contribution in [0.4, 0.5) is 0 Å². The van der Waals surface area contributed by atoms with Crippen LogP contribution in [0.5, 0.6) is 5.75 Å². The molecule has 0 aliphatic carbocycles. The Morgan fingerprint density at radius 1 is 1.26 bits per heavy atom. The van der Waals surface area contributed by atoms with Crippen LogP contribution in [0.3, 0.4) is 0 Å². The average Bonchev–Trinajstić information content (AvgIpc) is 3.24. The molecule has 0 spiro atoms. The number of aryl methyl sites for hydroxylation is 3. The summed E-state index contributed by atoms with van der Waals surface area (Å²) >= 11 is 1.10. The molecule has 27 heavy (non-hydrogen) atoms. The van der Waals surface area contributed by atoms with E-state index in [9.17, 15) is 4.79 Å². The normalized spacial score (nSPS) is 15.3. The molecule has 0 fully saturated rings. The maximum atomic E-state index is 12.3. The first-order chi connectivity index (χ1) is 13.0. The number of amides is 1. The van der Waals surface area contributed by atoms with Gasteiger partial charge in [0.05, 0.1) is 17.8 Å². The zero-order valence-electron chi connectivity index (χ0n) is 15.3. The third-order valence-corrected chi connectivity index (χ3v) is 5.23. The lowest BCUT2D eigenvalue weighted by Gasteiger charge is -2.13. The second-order valence-electron chi connectivity index (χ2n) is 6.61. The van der Waals surface area contributed by atoms with Crippen LogP contribution < -0.4 is 10.1 Å². The SMILES string of the molecule is Cc1cc(C)nc(-c2cccc3c2OC(CNC(=O)c2snnc2C)C3)n1.